The van der Waals surface area contributed by atoms with Gasteiger partial charge in [0.25, 0.3) is 0 Å². The van der Waals surface area contributed by atoms with Crippen molar-refractivity contribution in [1.29, 1.82) is 0 Å². The predicted octanol–water partition coefficient (Wildman–Crippen LogP) is 3.18. The van der Waals surface area contributed by atoms with Gasteiger partial charge in [0.15, 0.2) is 0 Å². The van der Waals surface area contributed by atoms with Gasteiger partial charge in [-0.15, -0.1) is 0 Å². The minimum absolute atomic E-state index is 0.378. The van der Waals surface area contributed by atoms with Crippen LogP contribution in [-0.2, 0) is 4.79 Å². The Morgan fingerprint density at radius 3 is 2.83 bits per heavy atom. The Kier molecular flexibility index (Phi) is 5.52. The van der Waals surface area contributed by atoms with E-state index in [0.29, 0.717) is 29.3 Å². The molecule has 0 amide bonds. The average Bonchev–Trinajstić information content (AvgIpc) is 2.34. The highest BCUT2D eigenvalue weighted by atomic mass is 35.5. The molecule has 2 N–H and O–H groups in total. The number of carboxylic acids is 1. The first kappa shape index (κ1) is 14.4. The second kappa shape index (κ2) is 6.91. The van der Waals surface area contributed by atoms with Crippen LogP contribution in [0.25, 0.3) is 0 Å². The summed E-state index contributed by atoms with van der Waals surface area (Å²) in [6, 6.07) is 5.23. The van der Waals surface area contributed by atoms with E-state index in [1.807, 2.05) is 0 Å². The van der Waals surface area contributed by atoms with Gasteiger partial charge in [-0.1, -0.05) is 24.6 Å². The van der Waals surface area contributed by atoms with Crippen molar-refractivity contribution in [3.05, 3.63) is 34.9 Å². The molecule has 0 bridgehead atoms. The molecule has 0 saturated carbocycles. The minimum Gasteiger partial charge on any atom is -0.495 e. The molecule has 0 fully saturated rings. The zero-order valence-corrected chi connectivity index (χ0v) is 11.1. The second-order valence-corrected chi connectivity index (χ2v) is 4.05. The Balaban J connectivity index is 2.74. The highest BCUT2D eigenvalue weighted by Crippen LogP contribution is 2.27. The number of nitrogens with one attached hydrogen (secondary N) is 1. The molecule has 1 aromatic carbocycles. The zero-order valence-electron chi connectivity index (χ0n) is 10.4. The molecule has 1 aromatic rings. The molecule has 0 aliphatic carbocycles. The first-order chi connectivity index (χ1) is 8.58. The fourth-order valence-corrected chi connectivity index (χ4v) is 1.66. The summed E-state index contributed by atoms with van der Waals surface area (Å²) < 4.78 is 5.17. The lowest BCUT2D eigenvalue weighted by Crippen LogP contribution is -2.05. The highest BCUT2D eigenvalue weighted by Gasteiger charge is 2.05. The van der Waals surface area contributed by atoms with Crippen LogP contribution in [-0.4, -0.2) is 24.7 Å². The van der Waals surface area contributed by atoms with E-state index in [-0.39, 0.29) is 0 Å². The second-order valence-electron chi connectivity index (χ2n) is 3.61. The first-order valence-corrected chi connectivity index (χ1v) is 5.96. The van der Waals surface area contributed by atoms with Crippen molar-refractivity contribution in [2.24, 2.45) is 0 Å². The number of methoxy groups -OCH3 is 1. The Morgan fingerprint density at radius 2 is 2.28 bits per heavy atom. The van der Waals surface area contributed by atoms with E-state index in [1.54, 1.807) is 38.3 Å². The number of benzene rings is 1. The number of rotatable bonds is 6. The van der Waals surface area contributed by atoms with E-state index in [2.05, 4.69) is 5.32 Å². The molecule has 0 aliphatic heterocycles. The fourth-order valence-electron chi connectivity index (χ4n) is 1.49. The van der Waals surface area contributed by atoms with Crippen LogP contribution in [0.5, 0.6) is 5.75 Å². The van der Waals surface area contributed by atoms with Crippen LogP contribution in [0.4, 0.5) is 5.69 Å². The van der Waals surface area contributed by atoms with Gasteiger partial charge in [0.05, 0.1) is 12.8 Å². The molecule has 18 heavy (non-hydrogen) atoms. The van der Waals surface area contributed by atoms with Crippen LogP contribution >= 0.6 is 11.6 Å². The average molecular weight is 270 g/mol. The third-order valence-electron chi connectivity index (χ3n) is 2.46. The van der Waals surface area contributed by atoms with Crippen molar-refractivity contribution >= 4 is 23.3 Å². The smallest absolute Gasteiger partial charge is 0.331 e. The quantitative estimate of drug-likeness (QED) is 0.779. The molecule has 4 nitrogen and oxygen atoms in total. The summed E-state index contributed by atoms with van der Waals surface area (Å²) in [5.74, 6) is -0.224. The van der Waals surface area contributed by atoms with E-state index >= 15 is 0 Å². The van der Waals surface area contributed by atoms with Crippen molar-refractivity contribution < 1.29 is 14.6 Å². The van der Waals surface area contributed by atoms with Crippen LogP contribution in [0.2, 0.25) is 5.02 Å². The molecule has 1 rings (SSSR count). The molecule has 0 aromatic heterocycles. The van der Waals surface area contributed by atoms with Gasteiger partial charge in [0, 0.05) is 17.1 Å². The summed E-state index contributed by atoms with van der Waals surface area (Å²) >= 11 is 5.89. The highest BCUT2D eigenvalue weighted by molar-refractivity contribution is 6.30. The number of hydrogen-bond acceptors (Lipinski definition) is 3. The summed E-state index contributed by atoms with van der Waals surface area (Å²) in [6.45, 7) is 2.21. The van der Waals surface area contributed by atoms with Gasteiger partial charge in [0.1, 0.15) is 5.75 Å². The minimum atomic E-state index is -0.891. The maximum absolute atomic E-state index is 10.8. The van der Waals surface area contributed by atoms with Crippen molar-refractivity contribution in [1.82, 2.24) is 0 Å². The zero-order chi connectivity index (χ0) is 13.5. The van der Waals surface area contributed by atoms with Crippen LogP contribution < -0.4 is 10.1 Å². The Bertz CT molecular complexity index is 458. The van der Waals surface area contributed by atoms with Crippen molar-refractivity contribution in [3.8, 4) is 5.75 Å². The van der Waals surface area contributed by atoms with Gasteiger partial charge in [-0.2, -0.15) is 0 Å². The summed E-state index contributed by atoms with van der Waals surface area (Å²) in [6.07, 6.45) is 2.13. The number of ether oxygens (including phenoxy) is 1. The van der Waals surface area contributed by atoms with Crippen LogP contribution in [0.15, 0.2) is 29.8 Å². The van der Waals surface area contributed by atoms with Gasteiger partial charge < -0.3 is 15.2 Å². The van der Waals surface area contributed by atoms with Crippen LogP contribution in [0, 0.1) is 0 Å². The maximum Gasteiger partial charge on any atom is 0.331 e. The SMILES string of the molecule is CC/C(=C/CNc1cc(Cl)ccc1OC)C(=O)O. The van der Waals surface area contributed by atoms with Crippen molar-refractivity contribution in [2.75, 3.05) is 19.0 Å². The summed E-state index contributed by atoms with van der Waals surface area (Å²) in [5.41, 5.74) is 1.12. The monoisotopic (exact) mass is 269 g/mol. The van der Waals surface area contributed by atoms with Crippen molar-refractivity contribution in [3.63, 3.8) is 0 Å². The number of carbonyl (C=O) groups is 1. The van der Waals surface area contributed by atoms with E-state index < -0.39 is 5.97 Å². The third kappa shape index (κ3) is 3.96. The maximum atomic E-state index is 10.8. The molecular weight excluding hydrogens is 254 g/mol. The third-order valence-corrected chi connectivity index (χ3v) is 2.69. The molecule has 0 radical (unpaired) electrons. The Labute approximate surface area is 111 Å². The van der Waals surface area contributed by atoms with Gasteiger partial charge in [-0.25, -0.2) is 4.79 Å². The van der Waals surface area contributed by atoms with E-state index in [1.165, 1.54) is 0 Å². The molecule has 0 spiro atoms. The van der Waals surface area contributed by atoms with E-state index in [9.17, 15) is 4.79 Å². The lowest BCUT2D eigenvalue weighted by Gasteiger charge is -2.10. The lowest BCUT2D eigenvalue weighted by atomic mass is 10.2. The van der Waals surface area contributed by atoms with Gasteiger partial charge in [-0.3, -0.25) is 0 Å². The van der Waals surface area contributed by atoms with Crippen LogP contribution in [0.1, 0.15) is 13.3 Å². The topological polar surface area (TPSA) is 58.6 Å². The molecule has 0 saturated heterocycles. The van der Waals surface area contributed by atoms with E-state index in [0.717, 1.165) is 5.69 Å². The largest absolute Gasteiger partial charge is 0.495 e. The molecule has 0 heterocycles. The molecule has 5 heteroatoms. The number of aliphatic carboxylic acids is 1. The normalized spacial score (nSPS) is 11.2. The van der Waals surface area contributed by atoms with Crippen molar-refractivity contribution in [2.45, 2.75) is 13.3 Å². The summed E-state index contributed by atoms with van der Waals surface area (Å²) in [4.78, 5) is 10.8. The lowest BCUT2D eigenvalue weighted by molar-refractivity contribution is -0.132. The molecular formula is C13H16ClNO3. The molecule has 98 valence electrons. The van der Waals surface area contributed by atoms with Gasteiger partial charge in [0.2, 0.25) is 0 Å². The fraction of sp³-hybridized carbons (Fsp3) is 0.308. The molecule has 0 unspecified atom stereocenters. The number of carboxylic acid groups (broad SMARTS) is 1. The standard InChI is InChI=1S/C13H16ClNO3/c1-3-9(13(16)17)6-7-15-11-8-10(14)4-5-12(11)18-2/h4-6,8,15H,3,7H2,1-2H3,(H,16,17)/b9-6-. The number of hydrogen-bond donors (Lipinski definition) is 2. The number of anilines is 1. The summed E-state index contributed by atoms with van der Waals surface area (Å²) in [5, 5.41) is 12.5. The first-order valence-electron chi connectivity index (χ1n) is 5.58. The van der Waals surface area contributed by atoms with Gasteiger partial charge >= 0.3 is 5.97 Å². The van der Waals surface area contributed by atoms with E-state index in [4.69, 9.17) is 21.4 Å². The Morgan fingerprint density at radius 1 is 1.56 bits per heavy atom. The van der Waals surface area contributed by atoms with Crippen LogP contribution in [0.3, 0.4) is 0 Å². The molecule has 0 aliphatic rings. The Hall–Kier alpha value is -1.68. The summed E-state index contributed by atoms with van der Waals surface area (Å²) in [7, 11) is 1.57. The van der Waals surface area contributed by atoms with Gasteiger partial charge in [-0.05, 0) is 24.6 Å². The predicted molar refractivity (Wildman–Crippen MR) is 72.5 cm³/mol. The molecule has 0 atom stereocenters. The number of halogens is 1.